The van der Waals surface area contributed by atoms with Crippen LogP contribution in [0.15, 0.2) is 22.3 Å². The molecule has 2 amide bonds. The normalized spacial score (nSPS) is 18.7. The second-order valence-electron chi connectivity index (χ2n) is 12.7. The molecule has 234 valence electrons. The fourth-order valence-electron chi connectivity index (χ4n) is 5.83. The number of halogens is 4. The maximum absolute atomic E-state index is 13.3. The molecule has 0 bridgehead atoms. The van der Waals surface area contributed by atoms with Gasteiger partial charge >= 0.3 is 0 Å². The van der Waals surface area contributed by atoms with Crippen molar-refractivity contribution in [1.82, 2.24) is 4.90 Å². The summed E-state index contributed by atoms with van der Waals surface area (Å²) in [5, 5.41) is 0. The minimum atomic E-state index is -1.30. The van der Waals surface area contributed by atoms with Crippen LogP contribution in [0.2, 0.25) is 0 Å². The van der Waals surface area contributed by atoms with Crippen molar-refractivity contribution in [3.8, 4) is 0 Å². The Hall–Kier alpha value is -2.77. The molecule has 0 N–H and O–H groups in total. The number of nitrogens with zero attached hydrogens (tertiary/aromatic N) is 1. The molecule has 0 saturated carbocycles. The molecule has 1 atom stereocenters. The van der Waals surface area contributed by atoms with Crippen LogP contribution < -0.4 is 0 Å². The number of rotatable bonds is 6. The zero-order valence-electron chi connectivity index (χ0n) is 26.7. The van der Waals surface area contributed by atoms with E-state index in [4.69, 9.17) is 0 Å². The molecular weight excluding hydrogens is 546 g/mol. The molecule has 42 heavy (non-hydrogen) atoms. The fraction of sp³-hybridized carbons (Fsp3) is 0.618. The van der Waals surface area contributed by atoms with Crippen molar-refractivity contribution in [2.75, 3.05) is 6.54 Å². The molecule has 0 saturated heterocycles. The second-order valence-corrected chi connectivity index (χ2v) is 12.7. The van der Waals surface area contributed by atoms with Gasteiger partial charge in [-0.25, -0.2) is 17.6 Å². The highest BCUT2D eigenvalue weighted by Crippen LogP contribution is 2.35. The first-order valence-electron chi connectivity index (χ1n) is 15.2. The quantitative estimate of drug-likeness (QED) is 0.189. The van der Waals surface area contributed by atoms with E-state index in [1.54, 1.807) is 13.8 Å². The number of Topliss-reactive ketones (excluding diaryl/α,β-unsaturated/α-hetero) is 1. The first-order chi connectivity index (χ1) is 19.5. The van der Waals surface area contributed by atoms with Gasteiger partial charge in [-0.2, -0.15) is 0 Å². The second kappa shape index (κ2) is 15.1. The molecule has 4 nitrogen and oxygen atoms in total. The maximum Gasteiger partial charge on any atom is 0.257 e. The highest BCUT2D eigenvalue weighted by Gasteiger charge is 2.38. The van der Waals surface area contributed by atoms with Crippen LogP contribution >= 0.6 is 0 Å². The van der Waals surface area contributed by atoms with Gasteiger partial charge in [0.1, 0.15) is 0 Å². The topological polar surface area (TPSA) is 54.5 Å². The Bertz CT molecular complexity index is 1200. The summed E-state index contributed by atoms with van der Waals surface area (Å²) >= 11 is 0. The zero-order chi connectivity index (χ0) is 32.0. The van der Waals surface area contributed by atoms with Crippen molar-refractivity contribution < 1.29 is 31.9 Å². The predicted molar refractivity (Wildman–Crippen MR) is 158 cm³/mol. The van der Waals surface area contributed by atoms with Crippen molar-refractivity contribution in [3.63, 3.8) is 0 Å². The molecule has 1 heterocycles. The van der Waals surface area contributed by atoms with Gasteiger partial charge in [0.25, 0.3) is 11.8 Å². The minimum Gasteiger partial charge on any atom is -0.295 e. The van der Waals surface area contributed by atoms with Crippen LogP contribution in [-0.4, -0.2) is 29.0 Å². The third-order valence-corrected chi connectivity index (χ3v) is 8.14. The van der Waals surface area contributed by atoms with Crippen LogP contribution in [0.3, 0.4) is 0 Å². The van der Waals surface area contributed by atoms with E-state index >= 15 is 0 Å². The molecule has 1 unspecified atom stereocenters. The number of hydrogen-bond acceptors (Lipinski definition) is 3. The Morgan fingerprint density at radius 2 is 1.24 bits per heavy atom. The van der Waals surface area contributed by atoms with Gasteiger partial charge in [0.05, 0.1) is 0 Å². The van der Waals surface area contributed by atoms with Crippen molar-refractivity contribution in [1.29, 1.82) is 0 Å². The molecule has 1 aliphatic heterocycles. The zero-order valence-corrected chi connectivity index (χ0v) is 26.7. The number of carbonyl (C=O) groups excluding carboxylic acids is 3. The molecule has 0 radical (unpaired) electrons. The number of allylic oxidation sites excluding steroid dienone is 2. The third-order valence-electron chi connectivity index (χ3n) is 8.14. The van der Waals surface area contributed by atoms with Crippen LogP contribution in [0.5, 0.6) is 0 Å². The Balaban J connectivity index is 0.000000222. The monoisotopic (exact) mass is 593 g/mol. The lowest BCUT2D eigenvalue weighted by atomic mass is 9.90. The summed E-state index contributed by atoms with van der Waals surface area (Å²) in [6.45, 7) is 17.6. The van der Waals surface area contributed by atoms with Gasteiger partial charge in [0.15, 0.2) is 29.1 Å². The molecule has 2 aliphatic carbocycles. The van der Waals surface area contributed by atoms with Crippen LogP contribution in [0, 0.1) is 53.9 Å². The van der Waals surface area contributed by atoms with Gasteiger partial charge < -0.3 is 0 Å². The molecule has 3 aliphatic rings. The van der Waals surface area contributed by atoms with E-state index in [0.29, 0.717) is 30.1 Å². The number of ketones is 1. The molecule has 0 fully saturated rings. The number of carbonyl (C=O) groups is 3. The SMILES string of the molecule is CC(C)CN1C(=O)C2=C(CCCC2)C1=O.CCC1=C(C)C(C(C)C)CC1=O.Cc1c(F)c(F)c(CC(C)C)c(F)c1F. The number of benzene rings is 1. The summed E-state index contributed by atoms with van der Waals surface area (Å²) in [6.07, 6.45) is 5.34. The van der Waals surface area contributed by atoms with Gasteiger partial charge in [-0.1, -0.05) is 54.0 Å². The lowest BCUT2D eigenvalue weighted by molar-refractivity contribution is -0.138. The van der Waals surface area contributed by atoms with Crippen LogP contribution in [0.25, 0.3) is 0 Å². The Labute approximate surface area is 248 Å². The Kier molecular flexibility index (Phi) is 12.7. The first-order valence-corrected chi connectivity index (χ1v) is 15.2. The van der Waals surface area contributed by atoms with E-state index in [1.807, 2.05) is 13.8 Å². The van der Waals surface area contributed by atoms with Gasteiger partial charge in [0, 0.05) is 35.2 Å². The molecule has 1 aromatic rings. The summed E-state index contributed by atoms with van der Waals surface area (Å²) in [5.41, 5.74) is 2.91. The molecular formula is C34H47F4NO3. The molecule has 4 rings (SSSR count). The van der Waals surface area contributed by atoms with Gasteiger partial charge in [-0.3, -0.25) is 19.3 Å². The van der Waals surface area contributed by atoms with Crippen molar-refractivity contribution in [2.45, 2.75) is 107 Å². The third kappa shape index (κ3) is 7.99. The Morgan fingerprint density at radius 1 is 0.762 bits per heavy atom. The molecule has 0 spiro atoms. The van der Waals surface area contributed by atoms with E-state index in [-0.39, 0.29) is 24.2 Å². The van der Waals surface area contributed by atoms with Gasteiger partial charge in [-0.15, -0.1) is 0 Å². The van der Waals surface area contributed by atoms with Crippen molar-refractivity contribution in [3.05, 3.63) is 56.7 Å². The Morgan fingerprint density at radius 3 is 1.57 bits per heavy atom. The number of amides is 2. The minimum absolute atomic E-state index is 0.0220. The standard InChI is InChI=1S/C12H17NO2.C11H12F4.C11H18O/c1-8(2)7-13-11(14)9-5-3-4-6-10(9)12(13)15;1-5(2)4-7-10(14)8(12)6(3)9(13)11(7)15;1-5-9-8(4)10(7(2)3)6-11(9)12/h8H,3-7H2,1-2H3;5H,4H2,1-3H3;7,10H,5-6H2,1-4H3. The molecule has 0 aromatic heterocycles. The fourth-order valence-corrected chi connectivity index (χ4v) is 5.83. The van der Waals surface area contributed by atoms with E-state index in [1.165, 1.54) is 10.5 Å². The molecule has 8 heteroatoms. The van der Waals surface area contributed by atoms with Crippen molar-refractivity contribution >= 4 is 17.6 Å². The summed E-state index contributed by atoms with van der Waals surface area (Å²) in [5.74, 6) is -3.42. The lowest BCUT2D eigenvalue weighted by Gasteiger charge is -2.16. The maximum atomic E-state index is 13.3. The largest absolute Gasteiger partial charge is 0.295 e. The van der Waals surface area contributed by atoms with Gasteiger partial charge in [0.2, 0.25) is 0 Å². The van der Waals surface area contributed by atoms with Crippen LogP contribution in [-0.2, 0) is 20.8 Å². The van der Waals surface area contributed by atoms with E-state index < -0.39 is 34.4 Å². The summed E-state index contributed by atoms with van der Waals surface area (Å²) in [6, 6.07) is 0. The smallest absolute Gasteiger partial charge is 0.257 e. The van der Waals surface area contributed by atoms with Gasteiger partial charge in [-0.05, 0) is 81.6 Å². The molecule has 1 aromatic carbocycles. The first kappa shape index (κ1) is 35.4. The van der Waals surface area contributed by atoms with Crippen LogP contribution in [0.4, 0.5) is 17.6 Å². The van der Waals surface area contributed by atoms with Crippen LogP contribution in [0.1, 0.15) is 105 Å². The summed E-state index contributed by atoms with van der Waals surface area (Å²) in [4.78, 5) is 36.8. The van der Waals surface area contributed by atoms with Crippen molar-refractivity contribution in [2.24, 2.45) is 23.7 Å². The highest BCUT2D eigenvalue weighted by atomic mass is 19.2. The predicted octanol–water partition coefficient (Wildman–Crippen LogP) is 8.59. The van der Waals surface area contributed by atoms with E-state index in [0.717, 1.165) is 62.2 Å². The number of hydrogen-bond donors (Lipinski definition) is 0. The number of imide groups is 1. The average Bonchev–Trinajstić information content (AvgIpc) is 3.36. The summed E-state index contributed by atoms with van der Waals surface area (Å²) < 4.78 is 52.8. The average molecular weight is 594 g/mol. The van der Waals surface area contributed by atoms with E-state index in [2.05, 4.69) is 27.7 Å². The summed E-state index contributed by atoms with van der Waals surface area (Å²) in [7, 11) is 0. The lowest BCUT2D eigenvalue weighted by Crippen LogP contribution is -2.34. The van der Waals surface area contributed by atoms with E-state index in [9.17, 15) is 31.9 Å². The highest BCUT2D eigenvalue weighted by molar-refractivity contribution is 6.19.